The highest BCUT2D eigenvalue weighted by Gasteiger charge is 2.08. The molecule has 1 fully saturated rings. The van der Waals surface area contributed by atoms with Crippen molar-refractivity contribution >= 4 is 29.1 Å². The molecule has 0 spiro atoms. The van der Waals surface area contributed by atoms with Gasteiger partial charge in [0.1, 0.15) is 0 Å². The number of thioether (sulfide) groups is 1. The van der Waals surface area contributed by atoms with Crippen LogP contribution < -0.4 is 10.7 Å². The molecule has 0 bridgehead atoms. The van der Waals surface area contributed by atoms with E-state index >= 15 is 0 Å². The Hall–Kier alpha value is -1.49. The maximum absolute atomic E-state index is 11.5. The number of para-hydroxylation sites is 1. The van der Waals surface area contributed by atoms with Gasteiger partial charge >= 0.3 is 0 Å². The number of hydrazone groups is 1. The minimum absolute atomic E-state index is 0.113. The SMILES string of the molecule is O=C(CNc1ccccc1)N/N=C1\CCSC1. The average molecular weight is 249 g/mol. The molecule has 5 heteroatoms. The molecule has 2 rings (SSSR count). The van der Waals surface area contributed by atoms with Crippen LogP contribution in [0.15, 0.2) is 35.4 Å². The summed E-state index contributed by atoms with van der Waals surface area (Å²) in [6, 6.07) is 9.64. The van der Waals surface area contributed by atoms with Gasteiger partial charge in [-0.1, -0.05) is 18.2 Å². The Morgan fingerprint density at radius 2 is 2.18 bits per heavy atom. The molecule has 0 aliphatic carbocycles. The molecule has 0 unspecified atom stereocenters. The zero-order chi connectivity index (χ0) is 11.9. The van der Waals surface area contributed by atoms with E-state index in [1.54, 1.807) is 0 Å². The van der Waals surface area contributed by atoms with E-state index in [-0.39, 0.29) is 12.5 Å². The van der Waals surface area contributed by atoms with Crippen molar-refractivity contribution in [3.05, 3.63) is 30.3 Å². The summed E-state index contributed by atoms with van der Waals surface area (Å²) in [7, 11) is 0. The first kappa shape index (κ1) is 12.0. The third-order valence-electron chi connectivity index (χ3n) is 2.37. The van der Waals surface area contributed by atoms with Gasteiger partial charge in [0.2, 0.25) is 0 Å². The highest BCUT2D eigenvalue weighted by molar-refractivity contribution is 8.00. The van der Waals surface area contributed by atoms with Gasteiger partial charge in [-0.25, -0.2) is 5.43 Å². The fraction of sp³-hybridized carbons (Fsp3) is 0.333. The predicted octanol–water partition coefficient (Wildman–Crippen LogP) is 1.71. The Labute approximate surface area is 105 Å². The van der Waals surface area contributed by atoms with Crippen molar-refractivity contribution in [1.82, 2.24) is 5.43 Å². The smallest absolute Gasteiger partial charge is 0.259 e. The van der Waals surface area contributed by atoms with Crippen molar-refractivity contribution in [2.45, 2.75) is 6.42 Å². The molecule has 17 heavy (non-hydrogen) atoms. The molecule has 1 aromatic carbocycles. The maximum atomic E-state index is 11.5. The van der Waals surface area contributed by atoms with Crippen molar-refractivity contribution in [2.24, 2.45) is 5.10 Å². The van der Waals surface area contributed by atoms with E-state index in [9.17, 15) is 4.79 Å². The zero-order valence-electron chi connectivity index (χ0n) is 9.48. The van der Waals surface area contributed by atoms with E-state index < -0.39 is 0 Å². The summed E-state index contributed by atoms with van der Waals surface area (Å²) < 4.78 is 0. The van der Waals surface area contributed by atoms with E-state index in [2.05, 4.69) is 15.8 Å². The Morgan fingerprint density at radius 3 is 2.88 bits per heavy atom. The first-order valence-electron chi connectivity index (χ1n) is 5.55. The largest absolute Gasteiger partial charge is 0.376 e. The number of carbonyl (C=O) groups excluding carboxylic acids is 1. The van der Waals surface area contributed by atoms with Crippen molar-refractivity contribution in [3.8, 4) is 0 Å². The van der Waals surface area contributed by atoms with E-state index in [4.69, 9.17) is 0 Å². The zero-order valence-corrected chi connectivity index (χ0v) is 10.3. The molecule has 1 aromatic rings. The van der Waals surface area contributed by atoms with Gasteiger partial charge in [-0.3, -0.25) is 4.79 Å². The number of amides is 1. The summed E-state index contributed by atoms with van der Waals surface area (Å²) in [6.07, 6.45) is 0.983. The second-order valence-electron chi connectivity index (χ2n) is 3.74. The van der Waals surface area contributed by atoms with Crippen molar-refractivity contribution in [1.29, 1.82) is 0 Å². The number of nitrogens with zero attached hydrogens (tertiary/aromatic N) is 1. The molecular formula is C12H15N3OS. The maximum Gasteiger partial charge on any atom is 0.259 e. The Morgan fingerprint density at radius 1 is 1.35 bits per heavy atom. The molecular weight excluding hydrogens is 234 g/mol. The normalized spacial score (nSPS) is 17.1. The number of hydrogen-bond donors (Lipinski definition) is 2. The fourth-order valence-electron chi connectivity index (χ4n) is 1.46. The topological polar surface area (TPSA) is 53.5 Å². The first-order chi connectivity index (χ1) is 8.34. The fourth-order valence-corrected chi connectivity index (χ4v) is 2.43. The monoisotopic (exact) mass is 249 g/mol. The van der Waals surface area contributed by atoms with Gasteiger partial charge in [0.25, 0.3) is 5.91 Å². The van der Waals surface area contributed by atoms with Crippen LogP contribution in [0.1, 0.15) is 6.42 Å². The van der Waals surface area contributed by atoms with Gasteiger partial charge < -0.3 is 5.32 Å². The lowest BCUT2D eigenvalue weighted by atomic mass is 10.3. The van der Waals surface area contributed by atoms with Crippen molar-refractivity contribution < 1.29 is 4.79 Å². The van der Waals surface area contributed by atoms with Gasteiger partial charge in [-0.05, 0) is 24.3 Å². The number of benzene rings is 1. The predicted molar refractivity (Wildman–Crippen MR) is 72.5 cm³/mol. The van der Waals surface area contributed by atoms with Gasteiger partial charge in [-0.15, -0.1) is 0 Å². The molecule has 1 heterocycles. The summed E-state index contributed by atoms with van der Waals surface area (Å²) in [4.78, 5) is 11.5. The number of carbonyl (C=O) groups is 1. The highest BCUT2D eigenvalue weighted by Crippen LogP contribution is 2.13. The lowest BCUT2D eigenvalue weighted by Gasteiger charge is -2.04. The van der Waals surface area contributed by atoms with Crippen LogP contribution in [0.5, 0.6) is 0 Å². The van der Waals surface area contributed by atoms with Crippen LogP contribution in [-0.2, 0) is 4.79 Å². The van der Waals surface area contributed by atoms with Crippen LogP contribution in [-0.4, -0.2) is 29.7 Å². The Kier molecular flexibility index (Phi) is 4.44. The molecule has 0 aromatic heterocycles. The van der Waals surface area contributed by atoms with Gasteiger partial charge in [0, 0.05) is 17.2 Å². The second-order valence-corrected chi connectivity index (χ2v) is 4.84. The highest BCUT2D eigenvalue weighted by atomic mass is 32.2. The molecule has 0 atom stereocenters. The summed E-state index contributed by atoms with van der Waals surface area (Å²) in [5, 5.41) is 7.12. The van der Waals surface area contributed by atoms with E-state index in [0.717, 1.165) is 29.3 Å². The van der Waals surface area contributed by atoms with Gasteiger partial charge in [-0.2, -0.15) is 16.9 Å². The molecule has 0 saturated carbocycles. The van der Waals surface area contributed by atoms with Crippen LogP contribution in [0, 0.1) is 0 Å². The summed E-state index contributed by atoms with van der Waals surface area (Å²) in [5.74, 6) is 1.93. The van der Waals surface area contributed by atoms with E-state index in [0.29, 0.717) is 0 Å². The Balaban J connectivity index is 1.72. The van der Waals surface area contributed by atoms with E-state index in [1.807, 2.05) is 42.1 Å². The molecule has 1 aliphatic rings. The second kappa shape index (κ2) is 6.30. The van der Waals surface area contributed by atoms with E-state index in [1.165, 1.54) is 0 Å². The molecule has 1 amide bonds. The number of nitrogens with one attached hydrogen (secondary N) is 2. The number of hydrogen-bond acceptors (Lipinski definition) is 4. The number of rotatable bonds is 4. The van der Waals surface area contributed by atoms with Crippen molar-refractivity contribution in [3.63, 3.8) is 0 Å². The van der Waals surface area contributed by atoms with Gasteiger partial charge in [0.05, 0.1) is 6.54 Å². The average Bonchev–Trinajstić information content (AvgIpc) is 2.88. The van der Waals surface area contributed by atoms with Crippen LogP contribution in [0.3, 0.4) is 0 Å². The Bertz CT molecular complexity index is 397. The quantitative estimate of drug-likeness (QED) is 0.799. The standard InChI is InChI=1S/C12H15N3OS/c16-12(15-14-11-6-7-17-9-11)8-13-10-4-2-1-3-5-10/h1-5,13H,6-9H2,(H,15,16)/b14-11+. The van der Waals surface area contributed by atoms with Crippen LogP contribution in [0.4, 0.5) is 5.69 Å². The molecule has 1 aliphatic heterocycles. The van der Waals surface area contributed by atoms with Crippen LogP contribution in [0.2, 0.25) is 0 Å². The molecule has 0 radical (unpaired) electrons. The minimum Gasteiger partial charge on any atom is -0.376 e. The summed E-state index contributed by atoms with van der Waals surface area (Å²) >= 11 is 1.85. The van der Waals surface area contributed by atoms with Crippen LogP contribution >= 0.6 is 11.8 Å². The number of anilines is 1. The summed E-state index contributed by atoms with van der Waals surface area (Å²) in [5.41, 5.74) is 4.58. The molecule has 4 nitrogen and oxygen atoms in total. The third-order valence-corrected chi connectivity index (χ3v) is 3.40. The first-order valence-corrected chi connectivity index (χ1v) is 6.71. The molecule has 1 saturated heterocycles. The minimum atomic E-state index is -0.113. The molecule has 2 N–H and O–H groups in total. The van der Waals surface area contributed by atoms with Crippen LogP contribution in [0.25, 0.3) is 0 Å². The van der Waals surface area contributed by atoms with Gasteiger partial charge in [0.15, 0.2) is 0 Å². The lowest BCUT2D eigenvalue weighted by Crippen LogP contribution is -2.26. The third kappa shape index (κ3) is 4.11. The lowest BCUT2D eigenvalue weighted by molar-refractivity contribution is -0.119. The molecule has 90 valence electrons. The summed E-state index contributed by atoms with van der Waals surface area (Å²) in [6.45, 7) is 0.244. The van der Waals surface area contributed by atoms with Crippen molar-refractivity contribution in [2.75, 3.05) is 23.4 Å².